The molecule has 2 heterocycles. The van der Waals surface area contributed by atoms with Crippen LogP contribution in [-0.2, 0) is 14.8 Å². The third-order valence-electron chi connectivity index (χ3n) is 6.75. The van der Waals surface area contributed by atoms with Gasteiger partial charge in [-0.2, -0.15) is 4.31 Å². The molecule has 0 spiro atoms. The van der Waals surface area contributed by atoms with Crippen molar-refractivity contribution in [1.29, 1.82) is 0 Å². The summed E-state index contributed by atoms with van der Waals surface area (Å²) < 4.78 is 47.6. The van der Waals surface area contributed by atoms with Crippen molar-refractivity contribution in [3.05, 3.63) is 60.4 Å². The highest BCUT2D eigenvalue weighted by atomic mass is 32.2. The summed E-state index contributed by atoms with van der Waals surface area (Å²) in [6.45, 7) is 3.76. The molecule has 184 valence electrons. The monoisotopic (exact) mass is 489 g/mol. The highest BCUT2D eigenvalue weighted by Gasteiger charge is 2.43. The predicted octanol–water partition coefficient (Wildman–Crippen LogP) is 2.84. The number of benzene rings is 2. The standard InChI is InChI=1S/C25H32FN3O4S/c1-27-14-16-28(17-15-27)24(30)18-25(20-33-22-6-3-2-4-7-22)12-5-13-29(19-25)34(31,32)23-10-8-21(26)9-11-23/h2-4,6-11H,5,12-20H2,1H3. The molecule has 4 rings (SSSR count). The Morgan fingerprint density at radius 3 is 2.35 bits per heavy atom. The average Bonchev–Trinajstić information content (AvgIpc) is 2.84. The summed E-state index contributed by atoms with van der Waals surface area (Å²) in [5.74, 6) is 0.235. The summed E-state index contributed by atoms with van der Waals surface area (Å²) in [7, 11) is -1.78. The molecule has 0 N–H and O–H groups in total. The number of carbonyl (C=O) groups is 1. The molecule has 7 nitrogen and oxygen atoms in total. The lowest BCUT2D eigenvalue weighted by Gasteiger charge is -2.43. The first-order valence-corrected chi connectivity index (χ1v) is 13.1. The summed E-state index contributed by atoms with van der Waals surface area (Å²) in [6.07, 6.45) is 1.53. The lowest BCUT2D eigenvalue weighted by atomic mass is 9.78. The molecule has 9 heteroatoms. The van der Waals surface area contributed by atoms with Gasteiger partial charge in [0.05, 0.1) is 11.5 Å². The van der Waals surface area contributed by atoms with Gasteiger partial charge in [-0.3, -0.25) is 4.79 Å². The number of hydrogen-bond donors (Lipinski definition) is 0. The number of carbonyl (C=O) groups excluding carboxylic acids is 1. The third-order valence-corrected chi connectivity index (χ3v) is 8.61. The fraction of sp³-hybridized carbons (Fsp3) is 0.480. The number of halogens is 1. The fourth-order valence-electron chi connectivity index (χ4n) is 4.68. The van der Waals surface area contributed by atoms with Crippen LogP contribution in [0.5, 0.6) is 5.75 Å². The van der Waals surface area contributed by atoms with E-state index in [1.165, 1.54) is 16.4 Å². The van der Waals surface area contributed by atoms with Gasteiger partial charge in [-0.05, 0) is 56.3 Å². The molecule has 2 aromatic rings. The minimum atomic E-state index is -3.82. The van der Waals surface area contributed by atoms with Crippen LogP contribution >= 0.6 is 0 Å². The maximum absolute atomic E-state index is 13.4. The van der Waals surface area contributed by atoms with E-state index >= 15 is 0 Å². The van der Waals surface area contributed by atoms with E-state index < -0.39 is 21.3 Å². The van der Waals surface area contributed by atoms with Gasteiger partial charge >= 0.3 is 0 Å². The van der Waals surface area contributed by atoms with Crippen LogP contribution in [0.25, 0.3) is 0 Å². The maximum Gasteiger partial charge on any atom is 0.243 e. The van der Waals surface area contributed by atoms with Crippen molar-refractivity contribution in [2.24, 2.45) is 5.41 Å². The van der Waals surface area contributed by atoms with E-state index in [4.69, 9.17) is 4.74 Å². The minimum absolute atomic E-state index is 0.0331. The van der Waals surface area contributed by atoms with E-state index in [0.717, 1.165) is 25.2 Å². The molecule has 1 unspecified atom stereocenters. The number of likely N-dealkylation sites (N-methyl/N-ethyl adjacent to an activating group) is 1. The van der Waals surface area contributed by atoms with Gasteiger partial charge in [0, 0.05) is 51.1 Å². The van der Waals surface area contributed by atoms with Crippen molar-refractivity contribution >= 4 is 15.9 Å². The maximum atomic E-state index is 13.4. The largest absolute Gasteiger partial charge is 0.493 e. The Morgan fingerprint density at radius 1 is 1.00 bits per heavy atom. The molecule has 2 saturated heterocycles. The van der Waals surface area contributed by atoms with Gasteiger partial charge in [0.2, 0.25) is 15.9 Å². The van der Waals surface area contributed by atoms with Crippen molar-refractivity contribution < 1.29 is 22.3 Å². The number of ether oxygens (including phenoxy) is 1. The first-order chi connectivity index (χ1) is 16.3. The molecule has 1 amide bonds. The van der Waals surface area contributed by atoms with Crippen molar-refractivity contribution in [2.75, 3.05) is 52.9 Å². The molecule has 0 bridgehead atoms. The van der Waals surface area contributed by atoms with E-state index in [-0.39, 0.29) is 30.4 Å². The second kappa shape index (κ2) is 10.4. The second-order valence-corrected chi connectivity index (χ2v) is 11.3. The zero-order valence-electron chi connectivity index (χ0n) is 19.5. The Morgan fingerprint density at radius 2 is 1.68 bits per heavy atom. The first-order valence-electron chi connectivity index (χ1n) is 11.7. The quantitative estimate of drug-likeness (QED) is 0.598. The summed E-state index contributed by atoms with van der Waals surface area (Å²) >= 11 is 0. The molecule has 34 heavy (non-hydrogen) atoms. The molecule has 2 aromatic carbocycles. The Labute approximate surface area is 201 Å². The SMILES string of the molecule is CN1CCN(C(=O)CC2(COc3ccccc3)CCCN(S(=O)(=O)c3ccc(F)cc3)C2)CC1. The second-order valence-electron chi connectivity index (χ2n) is 9.36. The highest BCUT2D eigenvalue weighted by molar-refractivity contribution is 7.89. The molecule has 1 atom stereocenters. The number of amides is 1. The average molecular weight is 490 g/mol. The molecule has 0 radical (unpaired) electrons. The van der Waals surface area contributed by atoms with Crippen molar-refractivity contribution in [3.63, 3.8) is 0 Å². The van der Waals surface area contributed by atoms with Gasteiger partial charge in [0.25, 0.3) is 0 Å². The molecular weight excluding hydrogens is 457 g/mol. The first kappa shape index (κ1) is 24.6. The number of nitrogens with zero attached hydrogens (tertiary/aromatic N) is 3. The Kier molecular flexibility index (Phi) is 7.54. The van der Waals surface area contributed by atoms with E-state index in [2.05, 4.69) is 4.90 Å². The Hall–Kier alpha value is -2.49. The zero-order valence-corrected chi connectivity index (χ0v) is 20.3. The van der Waals surface area contributed by atoms with Crippen LogP contribution < -0.4 is 4.74 Å². The van der Waals surface area contributed by atoms with Gasteiger partial charge in [-0.25, -0.2) is 12.8 Å². The normalized spacial score (nSPS) is 22.5. The fourth-order valence-corrected chi connectivity index (χ4v) is 6.27. The van der Waals surface area contributed by atoms with Gasteiger partial charge in [-0.15, -0.1) is 0 Å². The number of hydrogen-bond acceptors (Lipinski definition) is 5. The molecule has 2 aliphatic rings. The number of sulfonamides is 1. The van der Waals surface area contributed by atoms with Gasteiger partial charge < -0.3 is 14.5 Å². The van der Waals surface area contributed by atoms with Gasteiger partial charge in [0.15, 0.2) is 0 Å². The van der Waals surface area contributed by atoms with Gasteiger partial charge in [-0.1, -0.05) is 18.2 Å². The number of piperidine rings is 1. The van der Waals surface area contributed by atoms with Crippen LogP contribution in [0.15, 0.2) is 59.5 Å². The van der Waals surface area contributed by atoms with Crippen molar-refractivity contribution in [1.82, 2.24) is 14.1 Å². The molecule has 0 saturated carbocycles. The lowest BCUT2D eigenvalue weighted by Crippen LogP contribution is -2.53. The van der Waals surface area contributed by atoms with E-state index in [1.807, 2.05) is 42.3 Å². The smallest absolute Gasteiger partial charge is 0.243 e. The topological polar surface area (TPSA) is 70.2 Å². The summed E-state index contributed by atoms with van der Waals surface area (Å²) in [6, 6.07) is 14.2. The van der Waals surface area contributed by atoms with E-state index in [9.17, 15) is 17.6 Å². The highest BCUT2D eigenvalue weighted by Crippen LogP contribution is 2.37. The van der Waals surface area contributed by atoms with Gasteiger partial charge in [0.1, 0.15) is 11.6 Å². The van der Waals surface area contributed by atoms with Crippen LogP contribution in [-0.4, -0.2) is 81.4 Å². The van der Waals surface area contributed by atoms with Crippen LogP contribution in [0.3, 0.4) is 0 Å². The zero-order chi connectivity index (χ0) is 24.2. The molecule has 2 fully saturated rings. The van der Waals surface area contributed by atoms with Crippen molar-refractivity contribution in [2.45, 2.75) is 24.2 Å². The summed E-state index contributed by atoms with van der Waals surface area (Å²) in [5, 5.41) is 0. The Bertz CT molecular complexity index is 1070. The number of rotatable bonds is 7. The van der Waals surface area contributed by atoms with Crippen LogP contribution in [0.4, 0.5) is 4.39 Å². The molecular formula is C25H32FN3O4S. The van der Waals surface area contributed by atoms with Crippen LogP contribution in [0.2, 0.25) is 0 Å². The molecule has 0 aromatic heterocycles. The lowest BCUT2D eigenvalue weighted by molar-refractivity contribution is -0.136. The van der Waals surface area contributed by atoms with Crippen LogP contribution in [0.1, 0.15) is 19.3 Å². The summed E-state index contributed by atoms with van der Waals surface area (Å²) in [4.78, 5) is 17.4. The van der Waals surface area contributed by atoms with Crippen molar-refractivity contribution in [3.8, 4) is 5.75 Å². The molecule has 0 aliphatic carbocycles. The minimum Gasteiger partial charge on any atom is -0.493 e. The number of piperazine rings is 1. The van der Waals surface area contributed by atoms with Crippen LogP contribution in [0, 0.1) is 11.2 Å². The number of para-hydroxylation sites is 1. The summed E-state index contributed by atoms with van der Waals surface area (Å²) in [5.41, 5.74) is -0.651. The predicted molar refractivity (Wildman–Crippen MR) is 127 cm³/mol. The Balaban J connectivity index is 1.56. The van der Waals surface area contributed by atoms with E-state index in [0.29, 0.717) is 38.2 Å². The third kappa shape index (κ3) is 5.76. The molecule has 2 aliphatic heterocycles. The van der Waals surface area contributed by atoms with E-state index in [1.54, 1.807) is 0 Å².